The Balaban J connectivity index is 3.08. The van der Waals surface area contributed by atoms with E-state index in [0.717, 1.165) is 6.08 Å². The highest BCUT2D eigenvalue weighted by Crippen LogP contribution is 2.19. The number of esters is 1. The van der Waals surface area contributed by atoms with Crippen molar-refractivity contribution in [2.75, 3.05) is 7.11 Å². The molecule has 0 unspecified atom stereocenters. The van der Waals surface area contributed by atoms with Crippen LogP contribution in [0.1, 0.15) is 15.9 Å². The SMILES string of the molecule is COC(=O)c1ccc(Cl)c(/C=C/C(=O)O)c1. The van der Waals surface area contributed by atoms with Gasteiger partial charge in [-0.1, -0.05) is 11.6 Å². The van der Waals surface area contributed by atoms with Crippen LogP contribution in [0, 0.1) is 0 Å². The minimum Gasteiger partial charge on any atom is -0.478 e. The molecule has 0 amide bonds. The molecule has 0 bridgehead atoms. The van der Waals surface area contributed by atoms with Crippen molar-refractivity contribution in [2.24, 2.45) is 0 Å². The summed E-state index contributed by atoms with van der Waals surface area (Å²) in [7, 11) is 1.27. The Morgan fingerprint density at radius 3 is 2.69 bits per heavy atom. The molecule has 1 rings (SSSR count). The molecule has 0 aliphatic carbocycles. The van der Waals surface area contributed by atoms with Crippen LogP contribution in [0.5, 0.6) is 0 Å². The normalized spacial score (nSPS) is 10.4. The van der Waals surface area contributed by atoms with Gasteiger partial charge in [0.1, 0.15) is 0 Å². The van der Waals surface area contributed by atoms with Crippen molar-refractivity contribution in [1.82, 2.24) is 0 Å². The first kappa shape index (κ1) is 12.3. The fourth-order valence-corrected chi connectivity index (χ4v) is 1.26. The van der Waals surface area contributed by atoms with Gasteiger partial charge in [-0.15, -0.1) is 0 Å². The molecule has 0 atom stereocenters. The number of benzene rings is 1. The minimum absolute atomic E-state index is 0.317. The van der Waals surface area contributed by atoms with Crippen molar-refractivity contribution in [3.63, 3.8) is 0 Å². The van der Waals surface area contributed by atoms with Crippen molar-refractivity contribution in [2.45, 2.75) is 0 Å². The highest BCUT2D eigenvalue weighted by molar-refractivity contribution is 6.32. The van der Waals surface area contributed by atoms with Crippen LogP contribution in [0.25, 0.3) is 6.08 Å². The van der Waals surface area contributed by atoms with Gasteiger partial charge >= 0.3 is 11.9 Å². The van der Waals surface area contributed by atoms with Crippen molar-refractivity contribution >= 4 is 29.6 Å². The summed E-state index contributed by atoms with van der Waals surface area (Å²) < 4.78 is 4.53. The van der Waals surface area contributed by atoms with Crippen LogP contribution in [-0.2, 0) is 9.53 Å². The van der Waals surface area contributed by atoms with Crippen molar-refractivity contribution in [1.29, 1.82) is 0 Å². The fourth-order valence-electron chi connectivity index (χ4n) is 1.08. The summed E-state index contributed by atoms with van der Waals surface area (Å²) in [4.78, 5) is 21.5. The van der Waals surface area contributed by atoms with E-state index in [1.54, 1.807) is 0 Å². The number of hydrogen-bond donors (Lipinski definition) is 1. The van der Waals surface area contributed by atoms with Crippen LogP contribution in [-0.4, -0.2) is 24.2 Å². The van der Waals surface area contributed by atoms with Crippen LogP contribution in [0.2, 0.25) is 5.02 Å². The summed E-state index contributed by atoms with van der Waals surface area (Å²) in [5, 5.41) is 8.83. The largest absolute Gasteiger partial charge is 0.478 e. The van der Waals surface area contributed by atoms with Gasteiger partial charge < -0.3 is 9.84 Å². The number of carboxylic acids is 1. The molecule has 0 aromatic heterocycles. The molecule has 1 N–H and O–H groups in total. The Bertz CT molecular complexity index is 451. The first-order valence-corrected chi connectivity index (χ1v) is 4.71. The molecule has 0 fully saturated rings. The highest BCUT2D eigenvalue weighted by atomic mass is 35.5. The maximum Gasteiger partial charge on any atom is 0.337 e. The summed E-state index contributed by atoms with van der Waals surface area (Å²) in [6.45, 7) is 0. The van der Waals surface area contributed by atoms with Gasteiger partial charge in [0.05, 0.1) is 12.7 Å². The molecule has 0 aliphatic rings. The molecule has 0 saturated heterocycles. The summed E-state index contributed by atoms with van der Waals surface area (Å²) in [6.07, 6.45) is 2.26. The van der Waals surface area contributed by atoms with E-state index in [0.29, 0.717) is 16.1 Å². The van der Waals surface area contributed by atoms with Crippen LogP contribution in [0.3, 0.4) is 0 Å². The summed E-state index contributed by atoms with van der Waals surface area (Å²) in [5.74, 6) is -1.58. The van der Waals surface area contributed by atoms with E-state index in [2.05, 4.69) is 4.74 Å². The number of halogens is 1. The average Bonchev–Trinajstić information content (AvgIpc) is 2.26. The second-order valence-corrected chi connectivity index (χ2v) is 3.31. The topological polar surface area (TPSA) is 63.6 Å². The zero-order valence-corrected chi connectivity index (χ0v) is 9.19. The van der Waals surface area contributed by atoms with Crippen LogP contribution in [0.15, 0.2) is 24.3 Å². The van der Waals surface area contributed by atoms with E-state index in [1.165, 1.54) is 31.4 Å². The number of carboxylic acid groups (broad SMARTS) is 1. The lowest BCUT2D eigenvalue weighted by atomic mass is 10.1. The third kappa shape index (κ3) is 3.10. The summed E-state index contributed by atoms with van der Waals surface area (Å²) in [5.41, 5.74) is 0.768. The van der Waals surface area contributed by atoms with Crippen molar-refractivity contribution < 1.29 is 19.4 Å². The third-order valence-corrected chi connectivity index (χ3v) is 2.17. The van der Waals surface area contributed by atoms with E-state index < -0.39 is 11.9 Å². The third-order valence-electron chi connectivity index (χ3n) is 1.82. The van der Waals surface area contributed by atoms with Crippen molar-refractivity contribution in [3.8, 4) is 0 Å². The molecule has 1 aromatic carbocycles. The van der Waals surface area contributed by atoms with Crippen molar-refractivity contribution in [3.05, 3.63) is 40.4 Å². The second kappa shape index (κ2) is 5.32. The van der Waals surface area contributed by atoms with Crippen LogP contribution >= 0.6 is 11.6 Å². The highest BCUT2D eigenvalue weighted by Gasteiger charge is 2.07. The molecule has 0 radical (unpaired) electrons. The second-order valence-electron chi connectivity index (χ2n) is 2.90. The number of rotatable bonds is 3. The standard InChI is InChI=1S/C11H9ClO4/c1-16-11(15)8-2-4-9(12)7(6-8)3-5-10(13)14/h2-6H,1H3,(H,13,14)/b5-3+. The predicted octanol–water partition coefficient (Wildman–Crippen LogP) is 2.22. The lowest BCUT2D eigenvalue weighted by molar-refractivity contribution is -0.131. The number of carbonyl (C=O) groups excluding carboxylic acids is 1. The minimum atomic E-state index is -1.08. The molecule has 84 valence electrons. The van der Waals surface area contributed by atoms with Gasteiger partial charge in [-0.05, 0) is 29.8 Å². The summed E-state index contributed by atoms with van der Waals surface area (Å²) >= 11 is 5.83. The molecule has 0 aliphatic heterocycles. The lowest BCUT2D eigenvalue weighted by Crippen LogP contribution is -2.01. The zero-order chi connectivity index (χ0) is 12.1. The molecule has 0 saturated carbocycles. The Kier molecular flexibility index (Phi) is 4.08. The van der Waals surface area contributed by atoms with Crippen LogP contribution < -0.4 is 0 Å². The van der Waals surface area contributed by atoms with Gasteiger partial charge in [0.25, 0.3) is 0 Å². The number of ether oxygens (including phenoxy) is 1. The molecule has 1 aromatic rings. The van der Waals surface area contributed by atoms with E-state index in [9.17, 15) is 9.59 Å². The Labute approximate surface area is 97.1 Å². The maximum atomic E-state index is 11.2. The van der Waals surface area contributed by atoms with E-state index >= 15 is 0 Å². The van der Waals surface area contributed by atoms with E-state index in [4.69, 9.17) is 16.7 Å². The van der Waals surface area contributed by atoms with Gasteiger partial charge in [-0.3, -0.25) is 0 Å². The molecule has 16 heavy (non-hydrogen) atoms. The molecule has 0 heterocycles. The number of carbonyl (C=O) groups is 2. The quantitative estimate of drug-likeness (QED) is 0.650. The number of hydrogen-bond acceptors (Lipinski definition) is 3. The zero-order valence-electron chi connectivity index (χ0n) is 8.44. The first-order valence-electron chi connectivity index (χ1n) is 4.33. The monoisotopic (exact) mass is 240 g/mol. The van der Waals surface area contributed by atoms with Gasteiger partial charge in [0.2, 0.25) is 0 Å². The molecule has 0 spiro atoms. The van der Waals surface area contributed by atoms with Crippen LogP contribution in [0.4, 0.5) is 0 Å². The Morgan fingerprint density at radius 1 is 1.44 bits per heavy atom. The summed E-state index contributed by atoms with van der Waals surface area (Å²) in [6, 6.07) is 4.48. The van der Waals surface area contributed by atoms with Gasteiger partial charge in [-0.2, -0.15) is 0 Å². The number of methoxy groups -OCH3 is 1. The van der Waals surface area contributed by atoms with Gasteiger partial charge in [0, 0.05) is 11.1 Å². The van der Waals surface area contributed by atoms with Gasteiger partial charge in [0.15, 0.2) is 0 Å². The molecular formula is C11H9ClO4. The van der Waals surface area contributed by atoms with E-state index in [-0.39, 0.29) is 0 Å². The smallest absolute Gasteiger partial charge is 0.337 e. The Hall–Kier alpha value is -1.81. The maximum absolute atomic E-state index is 11.2. The predicted molar refractivity (Wildman–Crippen MR) is 59.5 cm³/mol. The molecular weight excluding hydrogens is 232 g/mol. The average molecular weight is 241 g/mol. The molecule has 4 nitrogen and oxygen atoms in total. The number of aliphatic carboxylic acids is 1. The first-order chi connectivity index (χ1) is 7.54. The fraction of sp³-hybridized carbons (Fsp3) is 0.0909. The Morgan fingerprint density at radius 2 is 2.12 bits per heavy atom. The van der Waals surface area contributed by atoms with Gasteiger partial charge in [-0.25, -0.2) is 9.59 Å². The lowest BCUT2D eigenvalue weighted by Gasteiger charge is -2.02. The van der Waals surface area contributed by atoms with E-state index in [1.807, 2.05) is 0 Å². The molecule has 5 heteroatoms.